The van der Waals surface area contributed by atoms with Crippen molar-refractivity contribution in [2.75, 3.05) is 40.8 Å². The van der Waals surface area contributed by atoms with Gasteiger partial charge in [0, 0.05) is 26.2 Å². The van der Waals surface area contributed by atoms with E-state index >= 15 is 0 Å². The van der Waals surface area contributed by atoms with Crippen LogP contribution in [-0.2, 0) is 11.3 Å². The van der Waals surface area contributed by atoms with Gasteiger partial charge in [-0.05, 0) is 61.0 Å². The van der Waals surface area contributed by atoms with Crippen LogP contribution in [0, 0.1) is 0 Å². The van der Waals surface area contributed by atoms with Gasteiger partial charge in [-0.3, -0.25) is 9.69 Å². The molecule has 1 heterocycles. The van der Waals surface area contributed by atoms with Crippen LogP contribution in [0.15, 0.2) is 36.4 Å². The molecule has 0 aromatic heterocycles. The van der Waals surface area contributed by atoms with Crippen LogP contribution in [0.25, 0.3) is 10.8 Å². The summed E-state index contributed by atoms with van der Waals surface area (Å²) in [5.41, 5.74) is 1.14. The summed E-state index contributed by atoms with van der Waals surface area (Å²) < 4.78 is 5.27. The van der Waals surface area contributed by atoms with Gasteiger partial charge in [-0.2, -0.15) is 0 Å². The lowest BCUT2D eigenvalue weighted by atomic mass is 10.1. The highest BCUT2D eigenvalue weighted by molar-refractivity contribution is 5.85. The van der Waals surface area contributed by atoms with E-state index in [0.29, 0.717) is 19.1 Å². The van der Waals surface area contributed by atoms with Gasteiger partial charge in [0.15, 0.2) is 0 Å². The Morgan fingerprint density at radius 2 is 2.00 bits per heavy atom. The van der Waals surface area contributed by atoms with Crippen molar-refractivity contribution in [3.8, 4) is 5.75 Å². The lowest BCUT2D eigenvalue weighted by molar-refractivity contribution is -0.132. The summed E-state index contributed by atoms with van der Waals surface area (Å²) in [7, 11) is 5.56. The van der Waals surface area contributed by atoms with Crippen molar-refractivity contribution in [1.82, 2.24) is 15.1 Å². The van der Waals surface area contributed by atoms with Crippen molar-refractivity contribution in [1.29, 1.82) is 0 Å². The Balaban J connectivity index is 0.00000261. The number of carbonyl (C=O) groups is 1. The van der Waals surface area contributed by atoms with Crippen molar-refractivity contribution >= 4 is 29.1 Å². The van der Waals surface area contributed by atoms with Crippen LogP contribution in [0.3, 0.4) is 0 Å². The zero-order chi connectivity index (χ0) is 18.5. The molecule has 6 heteroatoms. The average Bonchev–Trinajstić information content (AvgIpc) is 2.67. The standard InChI is InChI=1S/C21H29N3O2.ClH/c1-22-19-5-4-10-24(14-19)15-21(25)23(2)13-16-6-7-18-12-20(26-3)9-8-17(18)11-16;/h6-9,11-12,19,22H,4-5,10,13-15H2,1-3H3;1H. The highest BCUT2D eigenvalue weighted by atomic mass is 35.5. The number of methoxy groups -OCH3 is 1. The van der Waals surface area contributed by atoms with Crippen molar-refractivity contribution in [2.24, 2.45) is 0 Å². The summed E-state index contributed by atoms with van der Waals surface area (Å²) in [5.74, 6) is 1.04. The number of benzene rings is 2. The van der Waals surface area contributed by atoms with E-state index in [1.165, 1.54) is 6.42 Å². The summed E-state index contributed by atoms with van der Waals surface area (Å²) in [5, 5.41) is 5.64. The highest BCUT2D eigenvalue weighted by Gasteiger charge is 2.21. The van der Waals surface area contributed by atoms with E-state index < -0.39 is 0 Å². The maximum absolute atomic E-state index is 12.6. The third-order valence-corrected chi connectivity index (χ3v) is 5.23. The fourth-order valence-electron chi connectivity index (χ4n) is 3.61. The monoisotopic (exact) mass is 391 g/mol. The second kappa shape index (κ2) is 9.93. The molecule has 27 heavy (non-hydrogen) atoms. The molecule has 5 nitrogen and oxygen atoms in total. The van der Waals surface area contributed by atoms with Gasteiger partial charge in [0.1, 0.15) is 5.75 Å². The molecule has 0 bridgehead atoms. The lowest BCUT2D eigenvalue weighted by Crippen LogP contribution is -2.48. The number of piperidine rings is 1. The van der Waals surface area contributed by atoms with Crippen molar-refractivity contribution in [2.45, 2.75) is 25.4 Å². The number of nitrogens with one attached hydrogen (secondary N) is 1. The molecule has 2 aromatic carbocycles. The number of rotatable bonds is 6. The number of likely N-dealkylation sites (N-methyl/N-ethyl adjacent to an activating group) is 2. The molecule has 0 radical (unpaired) electrons. The van der Waals surface area contributed by atoms with E-state index in [1.807, 2.05) is 31.1 Å². The largest absolute Gasteiger partial charge is 0.497 e. The van der Waals surface area contributed by atoms with E-state index in [4.69, 9.17) is 4.74 Å². The fourth-order valence-corrected chi connectivity index (χ4v) is 3.61. The van der Waals surface area contributed by atoms with E-state index in [2.05, 4.69) is 34.5 Å². The van der Waals surface area contributed by atoms with E-state index in [9.17, 15) is 4.79 Å². The molecular formula is C21H30ClN3O2. The smallest absolute Gasteiger partial charge is 0.236 e. The topological polar surface area (TPSA) is 44.8 Å². The van der Waals surface area contributed by atoms with Crippen LogP contribution < -0.4 is 10.1 Å². The second-order valence-electron chi connectivity index (χ2n) is 7.16. The average molecular weight is 392 g/mol. The van der Waals surface area contributed by atoms with E-state index in [0.717, 1.165) is 41.6 Å². The van der Waals surface area contributed by atoms with Crippen LogP contribution in [0.4, 0.5) is 0 Å². The van der Waals surface area contributed by atoms with Gasteiger partial charge in [-0.1, -0.05) is 18.2 Å². The molecule has 1 N–H and O–H groups in total. The summed E-state index contributed by atoms with van der Waals surface area (Å²) in [6.45, 7) is 3.09. The Morgan fingerprint density at radius 1 is 1.26 bits per heavy atom. The highest BCUT2D eigenvalue weighted by Crippen LogP contribution is 2.22. The van der Waals surface area contributed by atoms with Crippen molar-refractivity contribution in [3.63, 3.8) is 0 Å². The Bertz CT molecular complexity index is 768. The van der Waals surface area contributed by atoms with Crippen LogP contribution in [0.1, 0.15) is 18.4 Å². The van der Waals surface area contributed by atoms with E-state index in [1.54, 1.807) is 7.11 Å². The zero-order valence-corrected chi connectivity index (χ0v) is 17.2. The number of halogens is 1. The van der Waals surface area contributed by atoms with Crippen LogP contribution >= 0.6 is 12.4 Å². The molecular weight excluding hydrogens is 362 g/mol. The van der Waals surface area contributed by atoms with Gasteiger partial charge in [-0.15, -0.1) is 12.4 Å². The van der Waals surface area contributed by atoms with E-state index in [-0.39, 0.29) is 18.3 Å². The molecule has 1 amide bonds. The van der Waals surface area contributed by atoms with Crippen LogP contribution in [0.2, 0.25) is 0 Å². The summed E-state index contributed by atoms with van der Waals surface area (Å²) in [6.07, 6.45) is 2.34. The number of amides is 1. The molecule has 0 saturated carbocycles. The Morgan fingerprint density at radius 3 is 2.74 bits per heavy atom. The molecule has 1 unspecified atom stereocenters. The van der Waals surface area contributed by atoms with Gasteiger partial charge in [0.2, 0.25) is 5.91 Å². The molecule has 3 rings (SSSR count). The predicted molar refractivity (Wildman–Crippen MR) is 113 cm³/mol. The quantitative estimate of drug-likeness (QED) is 0.822. The first-order valence-corrected chi connectivity index (χ1v) is 9.29. The molecule has 1 aliphatic rings. The molecule has 1 saturated heterocycles. The molecule has 1 aliphatic heterocycles. The Kier molecular flexibility index (Phi) is 7.90. The summed E-state index contributed by atoms with van der Waals surface area (Å²) in [6, 6.07) is 12.9. The summed E-state index contributed by atoms with van der Waals surface area (Å²) in [4.78, 5) is 16.7. The van der Waals surface area contributed by atoms with Crippen LogP contribution in [0.5, 0.6) is 5.75 Å². The maximum Gasteiger partial charge on any atom is 0.236 e. The fraction of sp³-hybridized carbons (Fsp3) is 0.476. The number of hydrogen-bond donors (Lipinski definition) is 1. The number of fused-ring (bicyclic) bond motifs is 1. The Labute approximate surface area is 168 Å². The Hall–Kier alpha value is -1.82. The molecule has 1 fully saturated rings. The van der Waals surface area contributed by atoms with Gasteiger partial charge in [-0.25, -0.2) is 0 Å². The lowest BCUT2D eigenvalue weighted by Gasteiger charge is -2.33. The van der Waals surface area contributed by atoms with Gasteiger partial charge < -0.3 is 15.0 Å². The van der Waals surface area contributed by atoms with Gasteiger partial charge in [0.05, 0.1) is 13.7 Å². The molecule has 2 aromatic rings. The van der Waals surface area contributed by atoms with Crippen LogP contribution in [-0.4, -0.2) is 62.6 Å². The number of ether oxygens (including phenoxy) is 1. The number of nitrogens with zero attached hydrogens (tertiary/aromatic N) is 2. The molecule has 148 valence electrons. The minimum atomic E-state index is 0. The SMILES string of the molecule is CNC1CCCN(CC(=O)N(C)Cc2ccc3cc(OC)ccc3c2)C1.Cl. The third-order valence-electron chi connectivity index (χ3n) is 5.23. The number of likely N-dealkylation sites (tertiary alicyclic amines) is 1. The molecule has 0 aliphatic carbocycles. The van der Waals surface area contributed by atoms with Gasteiger partial charge >= 0.3 is 0 Å². The second-order valence-corrected chi connectivity index (χ2v) is 7.16. The first-order chi connectivity index (χ1) is 12.6. The normalized spacial score (nSPS) is 17.4. The maximum atomic E-state index is 12.6. The predicted octanol–water partition coefficient (Wildman–Crippen LogP) is 2.91. The first kappa shape index (κ1) is 21.5. The minimum absolute atomic E-state index is 0. The molecule has 0 spiro atoms. The zero-order valence-electron chi connectivity index (χ0n) is 16.4. The summed E-state index contributed by atoms with van der Waals surface area (Å²) >= 11 is 0. The molecule has 1 atom stereocenters. The van der Waals surface area contributed by atoms with Crippen molar-refractivity contribution < 1.29 is 9.53 Å². The minimum Gasteiger partial charge on any atom is -0.497 e. The van der Waals surface area contributed by atoms with Gasteiger partial charge in [0.25, 0.3) is 0 Å². The number of hydrogen-bond acceptors (Lipinski definition) is 4. The first-order valence-electron chi connectivity index (χ1n) is 9.29. The van der Waals surface area contributed by atoms with Crippen molar-refractivity contribution in [3.05, 3.63) is 42.0 Å². The third kappa shape index (κ3) is 5.58. The number of carbonyl (C=O) groups excluding carboxylic acids is 1.